The van der Waals surface area contributed by atoms with E-state index in [2.05, 4.69) is 5.32 Å². The maximum absolute atomic E-state index is 11.4. The van der Waals surface area contributed by atoms with E-state index in [0.717, 1.165) is 11.1 Å². The molecule has 2 N–H and O–H groups in total. The molecule has 0 fully saturated rings. The van der Waals surface area contributed by atoms with E-state index >= 15 is 0 Å². The first kappa shape index (κ1) is 13.0. The van der Waals surface area contributed by atoms with Crippen molar-refractivity contribution in [1.82, 2.24) is 0 Å². The summed E-state index contributed by atoms with van der Waals surface area (Å²) in [5, 5.41) is 11.7. The molecule has 1 amide bonds. The molecule has 1 aromatic carbocycles. The molecular formula is C13H15NO3. The fourth-order valence-corrected chi connectivity index (χ4v) is 1.62. The number of nitrogens with one attached hydrogen (secondary N) is 1. The van der Waals surface area contributed by atoms with Crippen LogP contribution in [0.1, 0.15) is 28.4 Å². The maximum atomic E-state index is 11.4. The van der Waals surface area contributed by atoms with Crippen molar-refractivity contribution >= 4 is 17.6 Å². The maximum Gasteiger partial charge on any atom is 0.337 e. The number of carboxylic acid groups (broad SMARTS) is 1. The second-order valence-electron chi connectivity index (χ2n) is 3.80. The van der Waals surface area contributed by atoms with Gasteiger partial charge in [0.2, 0.25) is 5.91 Å². The van der Waals surface area contributed by atoms with Gasteiger partial charge < -0.3 is 10.4 Å². The van der Waals surface area contributed by atoms with E-state index in [9.17, 15) is 9.59 Å². The van der Waals surface area contributed by atoms with Crippen LogP contribution in [0.25, 0.3) is 0 Å². The normalized spacial score (nSPS) is 10.5. The molecule has 17 heavy (non-hydrogen) atoms. The Morgan fingerprint density at radius 3 is 2.47 bits per heavy atom. The van der Waals surface area contributed by atoms with Gasteiger partial charge >= 0.3 is 5.97 Å². The van der Waals surface area contributed by atoms with Crippen molar-refractivity contribution in [1.29, 1.82) is 0 Å². The largest absolute Gasteiger partial charge is 0.478 e. The molecule has 0 spiro atoms. The second kappa shape index (κ2) is 5.30. The molecular weight excluding hydrogens is 218 g/mol. The standard InChI is InChI=1S/C13H15NO3/c1-4-5-11(15)14-12-9(3)6-8(2)7-10(12)13(16)17/h4-7H,1-3H3,(H,14,15)(H,16,17). The number of rotatable bonds is 3. The summed E-state index contributed by atoms with van der Waals surface area (Å²) in [5.41, 5.74) is 2.05. The SMILES string of the molecule is CC=CC(=O)Nc1c(C)cc(C)cc1C(=O)O. The Balaban J connectivity index is 3.21. The van der Waals surface area contributed by atoms with Crippen LogP contribution in [-0.2, 0) is 4.79 Å². The molecule has 0 saturated heterocycles. The molecule has 0 atom stereocenters. The van der Waals surface area contributed by atoms with Crippen LogP contribution in [0.3, 0.4) is 0 Å². The molecule has 1 aromatic rings. The Bertz CT molecular complexity index is 490. The number of aryl methyl sites for hydroxylation is 2. The predicted octanol–water partition coefficient (Wildman–Crippen LogP) is 2.52. The number of carbonyl (C=O) groups excluding carboxylic acids is 1. The van der Waals surface area contributed by atoms with Gasteiger partial charge in [0.25, 0.3) is 0 Å². The van der Waals surface area contributed by atoms with Gasteiger partial charge in [0.05, 0.1) is 11.3 Å². The van der Waals surface area contributed by atoms with Crippen LogP contribution in [0.4, 0.5) is 5.69 Å². The van der Waals surface area contributed by atoms with Gasteiger partial charge in [-0.2, -0.15) is 0 Å². The predicted molar refractivity (Wildman–Crippen MR) is 66.3 cm³/mol. The highest BCUT2D eigenvalue weighted by Gasteiger charge is 2.14. The van der Waals surface area contributed by atoms with E-state index in [4.69, 9.17) is 5.11 Å². The number of hydrogen-bond donors (Lipinski definition) is 2. The van der Waals surface area contributed by atoms with Gasteiger partial charge in [-0.3, -0.25) is 4.79 Å². The van der Waals surface area contributed by atoms with E-state index in [-0.39, 0.29) is 11.5 Å². The summed E-state index contributed by atoms with van der Waals surface area (Å²) in [6.45, 7) is 5.31. The van der Waals surface area contributed by atoms with Gasteiger partial charge in [-0.05, 0) is 44.0 Å². The summed E-state index contributed by atoms with van der Waals surface area (Å²) in [4.78, 5) is 22.5. The van der Waals surface area contributed by atoms with Crippen molar-refractivity contribution in [3.63, 3.8) is 0 Å². The molecule has 4 heteroatoms. The number of hydrogen-bond acceptors (Lipinski definition) is 2. The quantitative estimate of drug-likeness (QED) is 0.788. The Labute approximate surface area is 100.0 Å². The second-order valence-corrected chi connectivity index (χ2v) is 3.80. The van der Waals surface area contributed by atoms with E-state index in [1.165, 1.54) is 6.08 Å². The molecule has 0 bridgehead atoms. The lowest BCUT2D eigenvalue weighted by Gasteiger charge is -2.11. The summed E-state index contributed by atoms with van der Waals surface area (Å²) >= 11 is 0. The molecule has 0 aliphatic rings. The summed E-state index contributed by atoms with van der Waals surface area (Å²) in [6.07, 6.45) is 2.95. The minimum Gasteiger partial charge on any atom is -0.478 e. The number of benzene rings is 1. The van der Waals surface area contributed by atoms with Gasteiger partial charge in [0.15, 0.2) is 0 Å². The van der Waals surface area contributed by atoms with Crippen molar-refractivity contribution in [3.05, 3.63) is 41.0 Å². The molecule has 0 heterocycles. The van der Waals surface area contributed by atoms with Crippen molar-refractivity contribution in [2.24, 2.45) is 0 Å². The minimum atomic E-state index is -1.05. The van der Waals surface area contributed by atoms with E-state index in [0.29, 0.717) is 5.69 Å². The average molecular weight is 233 g/mol. The summed E-state index contributed by atoms with van der Waals surface area (Å²) in [5.74, 6) is -1.38. The van der Waals surface area contributed by atoms with Gasteiger partial charge in [-0.15, -0.1) is 0 Å². The number of amides is 1. The van der Waals surface area contributed by atoms with E-state index in [1.807, 2.05) is 13.0 Å². The summed E-state index contributed by atoms with van der Waals surface area (Å²) < 4.78 is 0. The minimum absolute atomic E-state index is 0.111. The van der Waals surface area contributed by atoms with Crippen molar-refractivity contribution in [2.75, 3.05) is 5.32 Å². The molecule has 1 rings (SSSR count). The van der Waals surface area contributed by atoms with Gasteiger partial charge in [-0.25, -0.2) is 4.79 Å². The molecule has 0 unspecified atom stereocenters. The van der Waals surface area contributed by atoms with Crippen LogP contribution in [0.15, 0.2) is 24.3 Å². The average Bonchev–Trinajstić information content (AvgIpc) is 2.21. The van der Waals surface area contributed by atoms with Gasteiger partial charge in [0, 0.05) is 0 Å². The zero-order valence-electron chi connectivity index (χ0n) is 10.1. The number of aromatic carboxylic acids is 1. The Hall–Kier alpha value is -2.10. The first-order valence-electron chi connectivity index (χ1n) is 5.24. The van der Waals surface area contributed by atoms with Crippen LogP contribution < -0.4 is 5.32 Å². The first-order valence-corrected chi connectivity index (χ1v) is 5.24. The van der Waals surface area contributed by atoms with Crippen LogP contribution in [0, 0.1) is 13.8 Å². The fourth-order valence-electron chi connectivity index (χ4n) is 1.62. The van der Waals surface area contributed by atoms with Crippen molar-refractivity contribution < 1.29 is 14.7 Å². The first-order chi connectivity index (χ1) is 7.95. The Morgan fingerprint density at radius 1 is 1.29 bits per heavy atom. The monoisotopic (exact) mass is 233 g/mol. The van der Waals surface area contributed by atoms with Crippen LogP contribution in [0.5, 0.6) is 0 Å². The zero-order valence-corrected chi connectivity index (χ0v) is 10.1. The number of carbonyl (C=O) groups is 2. The third kappa shape index (κ3) is 3.17. The molecule has 0 radical (unpaired) electrons. The highest BCUT2D eigenvalue weighted by Crippen LogP contribution is 2.22. The van der Waals surface area contributed by atoms with Crippen LogP contribution in [0.2, 0.25) is 0 Å². The Morgan fingerprint density at radius 2 is 1.94 bits per heavy atom. The highest BCUT2D eigenvalue weighted by atomic mass is 16.4. The molecule has 0 saturated carbocycles. The molecule has 4 nitrogen and oxygen atoms in total. The van der Waals surface area contributed by atoms with Crippen LogP contribution in [-0.4, -0.2) is 17.0 Å². The lowest BCUT2D eigenvalue weighted by atomic mass is 10.0. The summed E-state index contributed by atoms with van der Waals surface area (Å²) in [6, 6.07) is 3.37. The van der Waals surface area contributed by atoms with E-state index in [1.54, 1.807) is 26.0 Å². The van der Waals surface area contributed by atoms with Crippen LogP contribution >= 0.6 is 0 Å². The third-order valence-corrected chi connectivity index (χ3v) is 2.28. The lowest BCUT2D eigenvalue weighted by Crippen LogP contribution is -2.13. The lowest BCUT2D eigenvalue weighted by molar-refractivity contribution is -0.111. The number of allylic oxidation sites excluding steroid dienone is 1. The topological polar surface area (TPSA) is 66.4 Å². The van der Waals surface area contributed by atoms with E-state index < -0.39 is 5.97 Å². The number of anilines is 1. The smallest absolute Gasteiger partial charge is 0.337 e. The van der Waals surface area contributed by atoms with Crippen molar-refractivity contribution in [3.8, 4) is 0 Å². The summed E-state index contributed by atoms with van der Waals surface area (Å²) in [7, 11) is 0. The fraction of sp³-hybridized carbons (Fsp3) is 0.231. The number of carboxylic acids is 1. The zero-order chi connectivity index (χ0) is 13.0. The van der Waals surface area contributed by atoms with Crippen molar-refractivity contribution in [2.45, 2.75) is 20.8 Å². The Kier molecular flexibility index (Phi) is 4.04. The molecule has 90 valence electrons. The molecule has 0 aliphatic carbocycles. The van der Waals surface area contributed by atoms with Gasteiger partial charge in [-0.1, -0.05) is 12.1 Å². The third-order valence-electron chi connectivity index (χ3n) is 2.28. The molecule has 0 aliphatic heterocycles. The van der Waals surface area contributed by atoms with Gasteiger partial charge in [0.1, 0.15) is 0 Å². The highest BCUT2D eigenvalue weighted by molar-refractivity contribution is 6.05. The molecule has 0 aromatic heterocycles.